The molecule has 1 N–H and O–H groups in total. The molecule has 0 saturated heterocycles. The highest BCUT2D eigenvalue weighted by atomic mass is 35.5. The zero-order valence-corrected chi connectivity index (χ0v) is 20.1. The number of thioether (sulfide) groups is 1. The van der Waals surface area contributed by atoms with Crippen LogP contribution in [0.5, 0.6) is 0 Å². The summed E-state index contributed by atoms with van der Waals surface area (Å²) >= 11 is 7.58. The number of pyridine rings is 1. The number of benzene rings is 1. The second kappa shape index (κ2) is 12.6. The smallest absolute Gasteiger partial charge is 0.319 e. The molecule has 8 heteroatoms. The number of hydrogen-bond acceptors (Lipinski definition) is 7. The van der Waals surface area contributed by atoms with Gasteiger partial charge in [-0.25, -0.2) is 9.97 Å². The standard InChI is InChI=1S/C24H29ClN4O2S/c1-3-5-6-7-8-11-20(23(30)31-4-2)32-24-28-21(25)16-22(29-24)27-18-12-13-19-17(15-18)10-9-14-26-19/h9-10,12-16,20H,3-8,11H2,1-2H3,(H,27,28,29). The van der Waals surface area contributed by atoms with E-state index in [1.807, 2.05) is 37.3 Å². The molecule has 0 aliphatic rings. The molecular formula is C24H29ClN4O2S. The van der Waals surface area contributed by atoms with Crippen LogP contribution in [0, 0.1) is 0 Å². The molecule has 2 aromatic heterocycles. The van der Waals surface area contributed by atoms with Gasteiger partial charge in [-0.2, -0.15) is 0 Å². The third-order valence-electron chi connectivity index (χ3n) is 4.92. The van der Waals surface area contributed by atoms with Gasteiger partial charge in [0.25, 0.3) is 0 Å². The minimum atomic E-state index is -0.352. The Bertz CT molecular complexity index is 1030. The highest BCUT2D eigenvalue weighted by molar-refractivity contribution is 8.00. The molecule has 0 spiro atoms. The largest absolute Gasteiger partial charge is 0.465 e. The van der Waals surface area contributed by atoms with Crippen molar-refractivity contribution in [2.45, 2.75) is 62.8 Å². The lowest BCUT2D eigenvalue weighted by atomic mass is 10.1. The van der Waals surface area contributed by atoms with Gasteiger partial charge in [-0.15, -0.1) is 0 Å². The Labute approximate surface area is 198 Å². The number of nitrogens with one attached hydrogen (secondary N) is 1. The van der Waals surface area contributed by atoms with Crippen LogP contribution in [-0.4, -0.2) is 32.8 Å². The summed E-state index contributed by atoms with van der Waals surface area (Å²) in [5.74, 6) is 0.342. The number of carbonyl (C=O) groups is 1. The predicted molar refractivity (Wildman–Crippen MR) is 132 cm³/mol. The normalized spacial score (nSPS) is 12.0. The van der Waals surface area contributed by atoms with E-state index in [-0.39, 0.29) is 11.2 Å². The lowest BCUT2D eigenvalue weighted by Gasteiger charge is -2.15. The van der Waals surface area contributed by atoms with E-state index < -0.39 is 0 Å². The number of carbonyl (C=O) groups excluding carboxylic acids is 1. The fourth-order valence-corrected chi connectivity index (χ4v) is 4.57. The monoisotopic (exact) mass is 472 g/mol. The van der Waals surface area contributed by atoms with Crippen molar-refractivity contribution < 1.29 is 9.53 Å². The molecule has 0 radical (unpaired) electrons. The summed E-state index contributed by atoms with van der Waals surface area (Å²) in [6, 6.07) is 11.5. The molecule has 1 aromatic carbocycles. The van der Waals surface area contributed by atoms with Crippen LogP contribution in [0.4, 0.5) is 11.5 Å². The molecule has 32 heavy (non-hydrogen) atoms. The van der Waals surface area contributed by atoms with Crippen molar-refractivity contribution in [2.24, 2.45) is 0 Å². The molecule has 6 nitrogen and oxygen atoms in total. The van der Waals surface area contributed by atoms with Crippen molar-refractivity contribution >= 4 is 51.7 Å². The highest BCUT2D eigenvalue weighted by Crippen LogP contribution is 2.29. The lowest BCUT2D eigenvalue weighted by molar-refractivity contribution is -0.142. The quantitative estimate of drug-likeness (QED) is 0.102. The molecule has 0 aliphatic carbocycles. The highest BCUT2D eigenvalue weighted by Gasteiger charge is 2.23. The second-order valence-corrected chi connectivity index (χ2v) is 9.01. The number of unbranched alkanes of at least 4 members (excludes halogenated alkanes) is 4. The molecule has 0 aliphatic heterocycles. The van der Waals surface area contributed by atoms with Crippen LogP contribution in [0.1, 0.15) is 52.4 Å². The molecule has 0 bridgehead atoms. The second-order valence-electron chi connectivity index (χ2n) is 7.46. The fraction of sp³-hybridized carbons (Fsp3) is 0.417. The Morgan fingerprint density at radius 3 is 2.78 bits per heavy atom. The summed E-state index contributed by atoms with van der Waals surface area (Å²) in [7, 11) is 0. The van der Waals surface area contributed by atoms with E-state index >= 15 is 0 Å². The number of nitrogens with zero attached hydrogens (tertiary/aromatic N) is 3. The number of anilines is 2. The van der Waals surface area contributed by atoms with Gasteiger partial charge in [0.05, 0.1) is 12.1 Å². The Kier molecular flexibility index (Phi) is 9.56. The Balaban J connectivity index is 1.71. The molecule has 0 fully saturated rings. The Morgan fingerprint density at radius 1 is 1.12 bits per heavy atom. The first-order valence-electron chi connectivity index (χ1n) is 11.1. The van der Waals surface area contributed by atoms with Gasteiger partial charge in [0.1, 0.15) is 16.2 Å². The predicted octanol–water partition coefficient (Wildman–Crippen LogP) is 6.81. The van der Waals surface area contributed by atoms with Crippen LogP contribution in [0.25, 0.3) is 10.9 Å². The average Bonchev–Trinajstić information content (AvgIpc) is 2.78. The van der Waals surface area contributed by atoms with E-state index in [9.17, 15) is 4.79 Å². The number of esters is 1. The summed E-state index contributed by atoms with van der Waals surface area (Å²) in [4.78, 5) is 25.7. The minimum Gasteiger partial charge on any atom is -0.465 e. The molecule has 3 aromatic rings. The number of hydrogen-bond donors (Lipinski definition) is 1. The van der Waals surface area contributed by atoms with E-state index in [2.05, 4.69) is 27.2 Å². The third-order valence-corrected chi connectivity index (χ3v) is 6.22. The maximum atomic E-state index is 12.5. The van der Waals surface area contributed by atoms with Crippen molar-refractivity contribution in [3.05, 3.63) is 47.7 Å². The third kappa shape index (κ3) is 7.35. The maximum absolute atomic E-state index is 12.5. The summed E-state index contributed by atoms with van der Waals surface area (Å²) in [5, 5.41) is 4.72. The van der Waals surface area contributed by atoms with Crippen LogP contribution < -0.4 is 5.32 Å². The van der Waals surface area contributed by atoms with Crippen molar-refractivity contribution in [2.75, 3.05) is 11.9 Å². The van der Waals surface area contributed by atoms with E-state index in [1.54, 1.807) is 12.3 Å². The average molecular weight is 473 g/mol. The Hall–Kier alpha value is -2.38. The zero-order chi connectivity index (χ0) is 22.8. The van der Waals surface area contributed by atoms with E-state index in [1.165, 1.54) is 31.0 Å². The molecule has 170 valence electrons. The van der Waals surface area contributed by atoms with Gasteiger partial charge < -0.3 is 10.1 Å². The molecule has 2 heterocycles. The van der Waals surface area contributed by atoms with Crippen LogP contribution in [0.2, 0.25) is 5.15 Å². The van der Waals surface area contributed by atoms with Gasteiger partial charge in [0, 0.05) is 23.3 Å². The molecule has 3 rings (SSSR count). The van der Waals surface area contributed by atoms with Gasteiger partial charge in [-0.3, -0.25) is 9.78 Å². The van der Waals surface area contributed by atoms with Crippen molar-refractivity contribution in [1.82, 2.24) is 15.0 Å². The van der Waals surface area contributed by atoms with Crippen LogP contribution in [-0.2, 0) is 9.53 Å². The SMILES string of the molecule is CCCCCCCC(Sc1nc(Cl)cc(Nc2ccc3ncccc3c2)n1)C(=O)OCC. The first-order chi connectivity index (χ1) is 15.6. The molecule has 0 amide bonds. The topological polar surface area (TPSA) is 77.0 Å². The summed E-state index contributed by atoms with van der Waals surface area (Å²) < 4.78 is 5.28. The first kappa shape index (κ1) is 24.3. The van der Waals surface area contributed by atoms with Crippen LogP contribution in [0.15, 0.2) is 47.8 Å². The van der Waals surface area contributed by atoms with E-state index in [0.29, 0.717) is 22.7 Å². The van der Waals surface area contributed by atoms with Gasteiger partial charge in [0.15, 0.2) is 5.16 Å². The van der Waals surface area contributed by atoms with E-state index in [0.717, 1.165) is 35.9 Å². The van der Waals surface area contributed by atoms with Crippen molar-refractivity contribution in [1.29, 1.82) is 0 Å². The molecular weight excluding hydrogens is 444 g/mol. The lowest BCUT2D eigenvalue weighted by Crippen LogP contribution is -2.21. The summed E-state index contributed by atoms with van der Waals surface area (Å²) in [5.41, 5.74) is 1.79. The number of ether oxygens (including phenoxy) is 1. The minimum absolute atomic E-state index is 0.229. The number of aromatic nitrogens is 3. The summed E-state index contributed by atoms with van der Waals surface area (Å²) in [6.45, 7) is 4.36. The van der Waals surface area contributed by atoms with E-state index in [4.69, 9.17) is 16.3 Å². The van der Waals surface area contributed by atoms with Gasteiger partial charge in [-0.1, -0.05) is 68.5 Å². The maximum Gasteiger partial charge on any atom is 0.319 e. The van der Waals surface area contributed by atoms with Crippen molar-refractivity contribution in [3.8, 4) is 0 Å². The van der Waals surface area contributed by atoms with Gasteiger partial charge >= 0.3 is 5.97 Å². The van der Waals surface area contributed by atoms with Gasteiger partial charge in [0.2, 0.25) is 0 Å². The zero-order valence-electron chi connectivity index (χ0n) is 18.5. The van der Waals surface area contributed by atoms with Crippen LogP contribution in [0.3, 0.4) is 0 Å². The fourth-order valence-electron chi connectivity index (χ4n) is 3.34. The molecule has 0 saturated carbocycles. The number of halogens is 1. The summed E-state index contributed by atoms with van der Waals surface area (Å²) in [6.07, 6.45) is 8.15. The van der Waals surface area contributed by atoms with Crippen LogP contribution >= 0.6 is 23.4 Å². The molecule has 1 unspecified atom stereocenters. The van der Waals surface area contributed by atoms with Gasteiger partial charge in [-0.05, 0) is 37.6 Å². The molecule has 1 atom stereocenters. The first-order valence-corrected chi connectivity index (χ1v) is 12.3. The Morgan fingerprint density at radius 2 is 1.97 bits per heavy atom. The number of rotatable bonds is 12. The van der Waals surface area contributed by atoms with Crippen molar-refractivity contribution in [3.63, 3.8) is 0 Å². The number of fused-ring (bicyclic) bond motifs is 1.